The van der Waals surface area contributed by atoms with Crippen molar-refractivity contribution in [3.05, 3.63) is 0 Å². The van der Waals surface area contributed by atoms with Crippen LogP contribution in [0.15, 0.2) is 0 Å². The molecule has 0 saturated heterocycles. The maximum absolute atomic E-state index is 12.9. The second kappa shape index (κ2) is 6.06. The Hall–Kier alpha value is -1.55. The van der Waals surface area contributed by atoms with E-state index in [4.69, 9.17) is 5.11 Å². The first-order valence-corrected chi connectivity index (χ1v) is 5.40. The van der Waals surface area contributed by atoms with Crippen molar-refractivity contribution in [1.82, 2.24) is 0 Å². The van der Waals surface area contributed by atoms with Crippen LogP contribution in [-0.2, 0) is 14.3 Å². The van der Waals surface area contributed by atoms with Crippen LogP contribution >= 0.6 is 0 Å². The predicted octanol–water partition coefficient (Wildman–Crippen LogP) is 2.86. The van der Waals surface area contributed by atoms with E-state index in [0.29, 0.717) is 0 Å². The molecule has 4 nitrogen and oxygen atoms in total. The fraction of sp³-hybridized carbons (Fsp3) is 0.800. The molecule has 0 radical (unpaired) electrons. The first-order chi connectivity index (χ1) is 9.14. The van der Waals surface area contributed by atoms with Crippen LogP contribution < -0.4 is 0 Å². The zero-order chi connectivity index (χ0) is 17.2. The maximum Gasteiger partial charge on any atom is 0.460 e. The molecule has 124 valence electrons. The third-order valence-corrected chi connectivity index (χ3v) is 2.22. The van der Waals surface area contributed by atoms with Gasteiger partial charge in [0.15, 0.2) is 6.10 Å². The molecule has 0 amide bonds. The SMILES string of the molecule is CC(C)CC(OC(=O)C(F)(F)C(F)(F)C(F)(F)F)C(=O)O. The molecule has 1 N–H and O–H groups in total. The summed E-state index contributed by atoms with van der Waals surface area (Å²) in [5.41, 5.74) is 0. The topological polar surface area (TPSA) is 63.6 Å². The Labute approximate surface area is 113 Å². The Morgan fingerprint density at radius 3 is 1.76 bits per heavy atom. The minimum absolute atomic E-state index is 0.504. The summed E-state index contributed by atoms with van der Waals surface area (Å²) in [5, 5.41) is 8.57. The van der Waals surface area contributed by atoms with Gasteiger partial charge in [-0.3, -0.25) is 0 Å². The summed E-state index contributed by atoms with van der Waals surface area (Å²) in [7, 11) is 0. The van der Waals surface area contributed by atoms with E-state index in [1.807, 2.05) is 0 Å². The summed E-state index contributed by atoms with van der Waals surface area (Å²) in [4.78, 5) is 21.5. The highest BCUT2D eigenvalue weighted by molar-refractivity contribution is 5.83. The first kappa shape index (κ1) is 19.4. The number of halogens is 7. The largest absolute Gasteiger partial charge is 0.479 e. The summed E-state index contributed by atoms with van der Waals surface area (Å²) >= 11 is 0. The molecule has 0 rings (SSSR count). The van der Waals surface area contributed by atoms with E-state index in [1.165, 1.54) is 13.8 Å². The average molecular weight is 328 g/mol. The van der Waals surface area contributed by atoms with E-state index >= 15 is 0 Å². The molecule has 0 bridgehead atoms. The summed E-state index contributed by atoms with van der Waals surface area (Å²) in [6.07, 6.45) is -9.49. The van der Waals surface area contributed by atoms with Crippen molar-refractivity contribution in [3.8, 4) is 0 Å². The minimum atomic E-state index is -6.70. The third-order valence-electron chi connectivity index (χ3n) is 2.22. The molecule has 0 aliphatic heterocycles. The van der Waals surface area contributed by atoms with Crippen LogP contribution in [0.5, 0.6) is 0 Å². The van der Waals surface area contributed by atoms with Crippen LogP contribution in [0.4, 0.5) is 30.7 Å². The molecule has 0 aliphatic rings. The lowest BCUT2D eigenvalue weighted by atomic mass is 10.1. The number of carbonyl (C=O) groups excluding carboxylic acids is 1. The lowest BCUT2D eigenvalue weighted by molar-refractivity contribution is -0.349. The highest BCUT2D eigenvalue weighted by Gasteiger charge is 2.77. The molecule has 0 saturated carbocycles. The van der Waals surface area contributed by atoms with Crippen LogP contribution in [0, 0.1) is 5.92 Å². The lowest BCUT2D eigenvalue weighted by Gasteiger charge is -2.27. The number of carboxylic acid groups (broad SMARTS) is 1. The third kappa shape index (κ3) is 4.21. The van der Waals surface area contributed by atoms with Gasteiger partial charge >= 0.3 is 30.0 Å². The predicted molar refractivity (Wildman–Crippen MR) is 52.9 cm³/mol. The fourth-order valence-corrected chi connectivity index (χ4v) is 1.14. The lowest BCUT2D eigenvalue weighted by Crippen LogP contribution is -2.57. The average Bonchev–Trinajstić information content (AvgIpc) is 2.25. The summed E-state index contributed by atoms with van der Waals surface area (Å²) < 4.78 is 90.1. The number of hydrogen-bond acceptors (Lipinski definition) is 3. The molecular weight excluding hydrogens is 317 g/mol. The van der Waals surface area contributed by atoms with Gasteiger partial charge in [0.05, 0.1) is 0 Å². The van der Waals surface area contributed by atoms with Gasteiger partial charge < -0.3 is 9.84 Å². The van der Waals surface area contributed by atoms with E-state index < -0.39 is 48.4 Å². The number of carboxylic acids is 1. The zero-order valence-corrected chi connectivity index (χ0v) is 10.7. The van der Waals surface area contributed by atoms with Gasteiger partial charge in [-0.1, -0.05) is 13.8 Å². The number of rotatable bonds is 6. The number of carbonyl (C=O) groups is 2. The molecule has 0 spiro atoms. The van der Waals surface area contributed by atoms with E-state index in [0.717, 1.165) is 0 Å². The van der Waals surface area contributed by atoms with Gasteiger partial charge in [-0.15, -0.1) is 0 Å². The summed E-state index contributed by atoms with van der Waals surface area (Å²) in [5.74, 6) is -18.6. The molecule has 0 aromatic carbocycles. The second-order valence-electron chi connectivity index (χ2n) is 4.51. The Morgan fingerprint density at radius 2 is 1.48 bits per heavy atom. The molecule has 0 heterocycles. The Kier molecular flexibility index (Phi) is 5.61. The van der Waals surface area contributed by atoms with Crippen LogP contribution in [0.3, 0.4) is 0 Å². The zero-order valence-electron chi connectivity index (χ0n) is 10.7. The first-order valence-electron chi connectivity index (χ1n) is 5.40. The van der Waals surface area contributed by atoms with Crippen LogP contribution in [0.2, 0.25) is 0 Å². The van der Waals surface area contributed by atoms with Crippen molar-refractivity contribution in [3.63, 3.8) is 0 Å². The maximum atomic E-state index is 12.9. The molecule has 0 fully saturated rings. The molecule has 0 aromatic rings. The molecule has 1 atom stereocenters. The normalized spacial score (nSPS) is 15.0. The molecule has 0 aliphatic carbocycles. The van der Waals surface area contributed by atoms with Gasteiger partial charge in [-0.05, 0) is 12.3 Å². The van der Waals surface area contributed by atoms with Crippen LogP contribution in [0.1, 0.15) is 20.3 Å². The van der Waals surface area contributed by atoms with Crippen LogP contribution in [0.25, 0.3) is 0 Å². The number of ether oxygens (including phenoxy) is 1. The fourth-order valence-electron chi connectivity index (χ4n) is 1.14. The highest BCUT2D eigenvalue weighted by atomic mass is 19.4. The van der Waals surface area contributed by atoms with Gasteiger partial charge in [-0.25, -0.2) is 9.59 Å². The van der Waals surface area contributed by atoms with Crippen molar-refractivity contribution in [2.75, 3.05) is 0 Å². The molecule has 1 unspecified atom stereocenters. The van der Waals surface area contributed by atoms with E-state index in [9.17, 15) is 40.3 Å². The molecule has 21 heavy (non-hydrogen) atoms. The number of aliphatic carboxylic acids is 1. The molecular formula is C10H11F7O4. The van der Waals surface area contributed by atoms with Gasteiger partial charge in [0, 0.05) is 0 Å². The number of esters is 1. The van der Waals surface area contributed by atoms with Crippen molar-refractivity contribution in [2.24, 2.45) is 5.92 Å². The van der Waals surface area contributed by atoms with Gasteiger partial charge in [0.25, 0.3) is 0 Å². The van der Waals surface area contributed by atoms with E-state index in [2.05, 4.69) is 4.74 Å². The Morgan fingerprint density at radius 1 is 1.05 bits per heavy atom. The molecule has 0 aromatic heterocycles. The van der Waals surface area contributed by atoms with Crippen molar-refractivity contribution >= 4 is 11.9 Å². The minimum Gasteiger partial charge on any atom is -0.479 e. The standard InChI is InChI=1S/C10H11F7O4/c1-4(2)3-5(6(18)19)21-7(20)8(11,12)9(13,14)10(15,16)17/h4-5H,3H2,1-2H3,(H,18,19). The smallest absolute Gasteiger partial charge is 0.460 e. The summed E-state index contributed by atoms with van der Waals surface area (Å²) in [6.45, 7) is 2.79. The molecule has 11 heteroatoms. The van der Waals surface area contributed by atoms with Crippen LogP contribution in [-0.4, -0.2) is 41.2 Å². The quantitative estimate of drug-likeness (QED) is 0.601. The van der Waals surface area contributed by atoms with Gasteiger partial charge in [-0.2, -0.15) is 30.7 Å². The van der Waals surface area contributed by atoms with Gasteiger partial charge in [0.2, 0.25) is 0 Å². The Bertz CT molecular complexity index is 403. The van der Waals surface area contributed by atoms with Crippen molar-refractivity contribution in [2.45, 2.75) is 44.4 Å². The van der Waals surface area contributed by atoms with E-state index in [-0.39, 0.29) is 0 Å². The number of hydrogen-bond donors (Lipinski definition) is 1. The monoisotopic (exact) mass is 328 g/mol. The van der Waals surface area contributed by atoms with Crippen molar-refractivity contribution in [1.29, 1.82) is 0 Å². The van der Waals surface area contributed by atoms with Crippen molar-refractivity contribution < 1.29 is 50.2 Å². The second-order valence-corrected chi connectivity index (χ2v) is 4.51. The highest BCUT2D eigenvalue weighted by Crippen LogP contribution is 2.47. The van der Waals surface area contributed by atoms with Gasteiger partial charge in [0.1, 0.15) is 0 Å². The Balaban J connectivity index is 5.27. The number of alkyl halides is 7. The van der Waals surface area contributed by atoms with E-state index in [1.54, 1.807) is 0 Å². The summed E-state index contributed by atoms with van der Waals surface area (Å²) in [6, 6.07) is 0.